The van der Waals surface area contributed by atoms with Crippen LogP contribution in [0.5, 0.6) is 0 Å². The van der Waals surface area contributed by atoms with Crippen molar-refractivity contribution >= 4 is 17.9 Å². The number of quaternary nitrogens is 1. The number of likely N-dealkylation sites (N-methyl/N-ethyl adjacent to an activating group) is 1. The summed E-state index contributed by atoms with van der Waals surface area (Å²) in [6.07, 6.45) is 26.3. The Labute approximate surface area is 262 Å². The molecule has 0 aliphatic carbocycles. The summed E-state index contributed by atoms with van der Waals surface area (Å²) in [4.78, 5) is 36.3. The topological polar surface area (TPSA) is 102 Å². The molecule has 2 unspecified atom stereocenters. The van der Waals surface area contributed by atoms with Crippen molar-refractivity contribution in [1.82, 2.24) is 0 Å². The van der Waals surface area contributed by atoms with Crippen molar-refractivity contribution < 1.29 is 38.2 Å². The molecule has 0 radical (unpaired) electrons. The quantitative estimate of drug-likeness (QED) is 0.0341. The number of carboxylic acid groups (broad SMARTS) is 1. The van der Waals surface area contributed by atoms with Crippen LogP contribution in [0.25, 0.3) is 0 Å². The van der Waals surface area contributed by atoms with Gasteiger partial charge in [0.25, 0.3) is 0 Å². The molecule has 0 rings (SSSR count). The van der Waals surface area contributed by atoms with E-state index in [2.05, 4.69) is 44.2 Å². The normalized spacial score (nSPS) is 13.6. The van der Waals surface area contributed by atoms with E-state index in [1.54, 1.807) is 21.1 Å². The fourth-order valence-corrected chi connectivity index (χ4v) is 4.36. The van der Waals surface area contributed by atoms with E-state index in [1.807, 2.05) is 6.08 Å². The molecule has 0 aromatic carbocycles. The van der Waals surface area contributed by atoms with Gasteiger partial charge in [-0.2, -0.15) is 0 Å². The van der Waals surface area contributed by atoms with Gasteiger partial charge in [-0.3, -0.25) is 9.59 Å². The molecular formula is C35H61NO7. The lowest BCUT2D eigenvalue weighted by atomic mass is 10.1. The Bertz CT molecular complexity index is 813. The maximum absolute atomic E-state index is 12.5. The largest absolute Gasteiger partial charge is 0.544 e. The van der Waals surface area contributed by atoms with E-state index in [4.69, 9.17) is 14.2 Å². The van der Waals surface area contributed by atoms with Crippen LogP contribution in [0.2, 0.25) is 0 Å². The van der Waals surface area contributed by atoms with Gasteiger partial charge in [0.05, 0.1) is 40.3 Å². The molecule has 0 aliphatic heterocycles. The molecule has 0 bridgehead atoms. The minimum atomic E-state index is -1.14. The first kappa shape index (κ1) is 40.5. The summed E-state index contributed by atoms with van der Waals surface area (Å²) < 4.78 is 16.9. The molecule has 0 heterocycles. The average molecular weight is 608 g/mol. The highest BCUT2D eigenvalue weighted by molar-refractivity contribution is 5.70. The van der Waals surface area contributed by atoms with Crippen molar-refractivity contribution in [1.29, 1.82) is 0 Å². The van der Waals surface area contributed by atoms with E-state index >= 15 is 0 Å². The fourth-order valence-electron chi connectivity index (χ4n) is 4.36. The number of ether oxygens (including phenoxy) is 3. The van der Waals surface area contributed by atoms with Gasteiger partial charge in [-0.1, -0.05) is 88.8 Å². The second kappa shape index (κ2) is 27.1. The zero-order chi connectivity index (χ0) is 32.2. The number of carbonyl (C=O) groups is 3. The summed E-state index contributed by atoms with van der Waals surface area (Å²) in [6.45, 7) is 4.45. The molecule has 0 aromatic rings. The van der Waals surface area contributed by atoms with Crippen LogP contribution in [0.4, 0.5) is 0 Å². The first-order valence-electron chi connectivity index (χ1n) is 16.5. The Morgan fingerprint density at radius 2 is 1.30 bits per heavy atom. The van der Waals surface area contributed by atoms with E-state index in [9.17, 15) is 19.5 Å². The number of esters is 2. The van der Waals surface area contributed by atoms with Gasteiger partial charge in [0.2, 0.25) is 0 Å². The van der Waals surface area contributed by atoms with Crippen LogP contribution in [0, 0.1) is 0 Å². The van der Waals surface area contributed by atoms with E-state index in [-0.39, 0.29) is 55.5 Å². The highest BCUT2D eigenvalue weighted by atomic mass is 16.6. The number of hydrogen-bond donors (Lipinski definition) is 0. The van der Waals surface area contributed by atoms with Gasteiger partial charge in [-0.15, -0.1) is 0 Å². The number of aliphatic carboxylic acids is 1. The average Bonchev–Trinajstić information content (AvgIpc) is 2.94. The van der Waals surface area contributed by atoms with Gasteiger partial charge in [0, 0.05) is 19.3 Å². The second-order valence-electron chi connectivity index (χ2n) is 12.1. The number of carboxylic acids is 1. The van der Waals surface area contributed by atoms with Gasteiger partial charge < -0.3 is 28.6 Å². The van der Waals surface area contributed by atoms with Crippen molar-refractivity contribution in [3.63, 3.8) is 0 Å². The van der Waals surface area contributed by atoms with Crippen molar-refractivity contribution in [3.05, 3.63) is 36.5 Å². The van der Waals surface area contributed by atoms with Crippen LogP contribution in [-0.4, -0.2) is 75.5 Å². The lowest BCUT2D eigenvalue weighted by Gasteiger charge is -2.34. The summed E-state index contributed by atoms with van der Waals surface area (Å²) in [5.41, 5.74) is 0. The van der Waals surface area contributed by atoms with Gasteiger partial charge in [-0.25, -0.2) is 0 Å². The maximum Gasteiger partial charge on any atom is 0.306 e. The number of rotatable bonds is 28. The van der Waals surface area contributed by atoms with Crippen molar-refractivity contribution in [3.8, 4) is 0 Å². The molecule has 0 aliphatic rings. The zero-order valence-corrected chi connectivity index (χ0v) is 27.9. The molecule has 248 valence electrons. The number of unbranched alkanes of at least 4 members (excludes halogenated alkanes) is 9. The SMILES string of the molecule is CCCC/C=C/C=C/CCCCCC(=O)OC(COCCC(C(=O)[O-])[N+](C)(C)C)COC(=O)CC/C=C/CCCCCC. The third-order valence-electron chi connectivity index (χ3n) is 7.04. The molecule has 0 saturated heterocycles. The molecule has 43 heavy (non-hydrogen) atoms. The number of hydrogen-bond acceptors (Lipinski definition) is 7. The minimum Gasteiger partial charge on any atom is -0.544 e. The van der Waals surface area contributed by atoms with Crippen molar-refractivity contribution in [2.24, 2.45) is 0 Å². The summed E-state index contributed by atoms with van der Waals surface area (Å²) in [6, 6.07) is -0.731. The summed E-state index contributed by atoms with van der Waals surface area (Å²) >= 11 is 0. The molecule has 0 saturated carbocycles. The summed E-state index contributed by atoms with van der Waals surface area (Å²) in [7, 11) is 5.36. The maximum atomic E-state index is 12.5. The summed E-state index contributed by atoms with van der Waals surface area (Å²) in [5, 5.41) is 11.5. The van der Waals surface area contributed by atoms with E-state index < -0.39 is 18.1 Å². The zero-order valence-electron chi connectivity index (χ0n) is 27.9. The molecular weight excluding hydrogens is 546 g/mol. The summed E-state index contributed by atoms with van der Waals surface area (Å²) in [5.74, 6) is -1.85. The van der Waals surface area contributed by atoms with Crippen molar-refractivity contribution in [2.75, 3.05) is 41.0 Å². The molecule has 2 atom stereocenters. The van der Waals surface area contributed by atoms with E-state index in [0.29, 0.717) is 12.8 Å². The Morgan fingerprint density at radius 3 is 1.93 bits per heavy atom. The monoisotopic (exact) mass is 607 g/mol. The van der Waals surface area contributed by atoms with Crippen LogP contribution in [-0.2, 0) is 28.6 Å². The van der Waals surface area contributed by atoms with E-state index in [0.717, 1.165) is 38.5 Å². The minimum absolute atomic E-state index is 0.0180. The third-order valence-corrected chi connectivity index (χ3v) is 7.04. The molecule has 8 heteroatoms. The van der Waals surface area contributed by atoms with Gasteiger partial charge >= 0.3 is 11.9 Å². The third kappa shape index (κ3) is 25.7. The highest BCUT2D eigenvalue weighted by Crippen LogP contribution is 2.10. The standard InChI is InChI=1S/C35H61NO7/c1-6-8-10-12-14-16-17-18-20-22-24-26-34(38)43-31(29-41-28-27-32(35(39)40)36(3,4)5)30-42-33(37)25-23-21-19-15-13-11-9-7-2/h12,14,16-17,19,21,31-32H,6-11,13,15,18,20,22-30H2,1-5H3/b14-12+,17-16+,21-19+. The van der Waals surface area contributed by atoms with Crippen LogP contribution in [0.15, 0.2) is 36.5 Å². The van der Waals surface area contributed by atoms with Crippen molar-refractivity contribution in [2.45, 2.75) is 129 Å². The van der Waals surface area contributed by atoms with Crippen LogP contribution >= 0.6 is 0 Å². The fraction of sp³-hybridized carbons (Fsp3) is 0.743. The predicted molar refractivity (Wildman–Crippen MR) is 171 cm³/mol. The number of allylic oxidation sites excluding steroid dienone is 6. The predicted octanol–water partition coefficient (Wildman–Crippen LogP) is 6.23. The lowest BCUT2D eigenvalue weighted by Crippen LogP contribution is -2.55. The second-order valence-corrected chi connectivity index (χ2v) is 12.1. The molecule has 0 aromatic heterocycles. The highest BCUT2D eigenvalue weighted by Gasteiger charge is 2.25. The number of nitrogens with zero attached hydrogens (tertiary/aromatic N) is 1. The Morgan fingerprint density at radius 1 is 0.698 bits per heavy atom. The first-order chi connectivity index (χ1) is 20.6. The molecule has 0 spiro atoms. The molecule has 0 fully saturated rings. The first-order valence-corrected chi connectivity index (χ1v) is 16.5. The van der Waals surface area contributed by atoms with Crippen LogP contribution < -0.4 is 5.11 Å². The lowest BCUT2D eigenvalue weighted by molar-refractivity contribution is -0.889. The van der Waals surface area contributed by atoms with Gasteiger partial charge in [0.1, 0.15) is 12.6 Å². The molecule has 0 N–H and O–H groups in total. The Balaban J connectivity index is 4.60. The molecule has 0 amide bonds. The number of carbonyl (C=O) groups excluding carboxylic acids is 3. The van der Waals surface area contributed by atoms with E-state index in [1.165, 1.54) is 32.1 Å². The van der Waals surface area contributed by atoms with Gasteiger partial charge in [0.15, 0.2) is 6.10 Å². The Kier molecular flexibility index (Phi) is 25.6. The Hall–Kier alpha value is -2.45. The molecule has 8 nitrogen and oxygen atoms in total. The van der Waals surface area contributed by atoms with Crippen LogP contribution in [0.1, 0.15) is 117 Å². The van der Waals surface area contributed by atoms with Crippen LogP contribution in [0.3, 0.4) is 0 Å². The van der Waals surface area contributed by atoms with Gasteiger partial charge in [-0.05, 0) is 44.9 Å². The smallest absolute Gasteiger partial charge is 0.306 e.